The van der Waals surface area contributed by atoms with E-state index in [1.165, 1.54) is 19.4 Å². The van der Waals surface area contributed by atoms with Gasteiger partial charge in [-0.25, -0.2) is 9.97 Å². The maximum atomic E-state index is 9.87. The molecular formula is C29H31CuF6N7P. The quantitative estimate of drug-likeness (QED) is 0.101. The van der Waals surface area contributed by atoms with Gasteiger partial charge in [-0.3, -0.25) is 4.90 Å². The van der Waals surface area contributed by atoms with Crippen molar-refractivity contribution in [3.63, 3.8) is 0 Å². The first-order valence-electron chi connectivity index (χ1n) is 12.7. The number of hydrogen-bond acceptors (Lipinski definition) is 5. The number of para-hydroxylation sites is 4. The first-order chi connectivity index (χ1) is 20.0. The molecule has 0 unspecified atom stereocenters. The maximum absolute atomic E-state index is 10.7. The van der Waals surface area contributed by atoms with Crippen molar-refractivity contribution in [2.45, 2.75) is 33.5 Å². The Bertz CT molecular complexity index is 1620. The van der Waals surface area contributed by atoms with Crippen molar-refractivity contribution >= 4 is 29.9 Å². The van der Waals surface area contributed by atoms with E-state index >= 15 is 0 Å². The number of hydrogen-bond donors (Lipinski definition) is 0. The minimum absolute atomic E-state index is 0. The first-order valence-corrected chi connectivity index (χ1v) is 14.7. The van der Waals surface area contributed by atoms with E-state index in [2.05, 4.69) is 94.9 Å². The van der Waals surface area contributed by atoms with Crippen LogP contribution < -0.4 is 0 Å². The normalized spacial score (nSPS) is 12.0. The fourth-order valence-electron chi connectivity index (χ4n) is 4.08. The molecule has 0 saturated heterocycles. The van der Waals surface area contributed by atoms with Gasteiger partial charge in [0.15, 0.2) is 0 Å². The summed E-state index contributed by atoms with van der Waals surface area (Å²) in [7, 11) is -6.46. The van der Waals surface area contributed by atoms with Crippen molar-refractivity contribution in [2.24, 2.45) is 14.1 Å². The summed E-state index contributed by atoms with van der Waals surface area (Å²) in [5, 5.41) is 14.6. The van der Waals surface area contributed by atoms with Crippen LogP contribution in [0.1, 0.15) is 31.1 Å². The molecule has 15 heteroatoms. The summed E-state index contributed by atoms with van der Waals surface area (Å²) < 4.78 is 63.6. The zero-order chi connectivity index (χ0) is 32.3. The Morgan fingerprint density at radius 2 is 0.955 bits per heavy atom. The van der Waals surface area contributed by atoms with Gasteiger partial charge >= 0.3 is 50.1 Å². The summed E-state index contributed by atoms with van der Waals surface area (Å²) in [5.74, 6) is 2.12. The number of halogens is 6. The van der Waals surface area contributed by atoms with Crippen LogP contribution in [0.15, 0.2) is 78.9 Å². The van der Waals surface area contributed by atoms with Crippen molar-refractivity contribution in [3.8, 4) is 12.1 Å². The van der Waals surface area contributed by atoms with Crippen molar-refractivity contribution in [1.82, 2.24) is 24.0 Å². The monoisotopic (exact) mass is 685 g/mol. The second-order valence-corrected chi connectivity index (χ2v) is 11.1. The van der Waals surface area contributed by atoms with Crippen molar-refractivity contribution < 1.29 is 42.3 Å². The first kappa shape index (κ1) is 38.1. The Morgan fingerprint density at radius 1 is 0.636 bits per heavy atom. The molecule has 0 amide bonds. The van der Waals surface area contributed by atoms with Crippen molar-refractivity contribution in [2.75, 3.05) is 0 Å². The minimum atomic E-state index is -10.7. The minimum Gasteiger partial charge on any atom is 1.00 e. The molecule has 0 fully saturated rings. The number of fused-ring (bicyclic) bond motifs is 2. The van der Waals surface area contributed by atoms with Crippen LogP contribution in [0.5, 0.6) is 0 Å². The summed E-state index contributed by atoms with van der Waals surface area (Å²) in [5.41, 5.74) is 5.69. The fraction of sp³-hybridized carbons (Fsp3) is 0.241. The zero-order valence-electron chi connectivity index (χ0n) is 24.3. The molecule has 0 spiro atoms. The molecule has 0 atom stereocenters. The fourth-order valence-corrected chi connectivity index (χ4v) is 4.08. The number of nitriles is 2. The molecule has 2 heterocycles. The van der Waals surface area contributed by atoms with Gasteiger partial charge in [-0.15, -0.1) is 0 Å². The molecule has 7 nitrogen and oxygen atoms in total. The van der Waals surface area contributed by atoms with Crippen molar-refractivity contribution in [3.05, 3.63) is 96.1 Å². The van der Waals surface area contributed by atoms with Crippen LogP contribution in [0.2, 0.25) is 0 Å². The van der Waals surface area contributed by atoms with E-state index in [0.29, 0.717) is 0 Å². The van der Waals surface area contributed by atoms with Gasteiger partial charge < -0.3 is 9.13 Å². The number of benzene rings is 3. The largest absolute Gasteiger partial charge is 1.00 e. The molecule has 0 N–H and O–H groups in total. The predicted molar refractivity (Wildman–Crippen MR) is 157 cm³/mol. The van der Waals surface area contributed by atoms with Crippen LogP contribution in [0, 0.1) is 22.7 Å². The Balaban J connectivity index is 0.000000591. The molecule has 5 rings (SSSR count). The number of aryl methyl sites for hydroxylation is 2. The number of aromatic nitrogens is 4. The molecule has 240 valence electrons. The van der Waals surface area contributed by atoms with Gasteiger partial charge in [0.1, 0.15) is 11.6 Å². The Morgan fingerprint density at radius 3 is 1.30 bits per heavy atom. The zero-order valence-corrected chi connectivity index (χ0v) is 26.1. The van der Waals surface area contributed by atoms with Crippen LogP contribution in [0.25, 0.3) is 22.1 Å². The van der Waals surface area contributed by atoms with Gasteiger partial charge in [0.25, 0.3) is 0 Å². The van der Waals surface area contributed by atoms with E-state index in [0.717, 1.165) is 53.3 Å². The Kier molecular flexibility index (Phi) is 13.1. The molecule has 0 saturated carbocycles. The molecule has 44 heavy (non-hydrogen) atoms. The molecule has 0 bridgehead atoms. The second kappa shape index (κ2) is 15.2. The van der Waals surface area contributed by atoms with E-state index in [1.54, 1.807) is 12.1 Å². The summed E-state index contributed by atoms with van der Waals surface area (Å²) in [4.78, 5) is 12.2. The van der Waals surface area contributed by atoms with E-state index in [-0.39, 0.29) is 17.1 Å². The molecular weight excluding hydrogens is 655 g/mol. The van der Waals surface area contributed by atoms with Crippen LogP contribution in [0.4, 0.5) is 25.2 Å². The standard InChI is InChI=1S/C25H25N5.2C2H3N.Cu.F6P/c1-28-22-14-8-6-12-20(22)26-24(28)17-30(16-19-10-4-3-5-11-19)18-25-27-21-13-7-9-15-23(21)29(25)2;2*1-2-3;;1-7(2,3,4,5)6/h3-15H,16-18H2,1-2H3;2*1H3;;/q;;;+1;-1. The SMILES string of the molecule is CC#N.CC#N.Cn1c(CN(Cc2ccccc2)Cc2nc3ccccc3n2C)nc2ccccc21.F[P-](F)(F)(F)(F)F.[Cu+]. The summed E-state index contributed by atoms with van der Waals surface area (Å²) in [6.45, 7) is 5.21. The van der Waals surface area contributed by atoms with Gasteiger partial charge in [0.2, 0.25) is 0 Å². The van der Waals surface area contributed by atoms with Crippen LogP contribution in [0.3, 0.4) is 0 Å². The average Bonchev–Trinajstić information content (AvgIpc) is 3.40. The average molecular weight is 686 g/mol. The summed E-state index contributed by atoms with van der Waals surface area (Å²) in [6, 6.07) is 30.7. The predicted octanol–water partition coefficient (Wildman–Crippen LogP) is 9.10. The molecule has 2 aromatic heterocycles. The van der Waals surface area contributed by atoms with E-state index in [9.17, 15) is 25.2 Å². The van der Waals surface area contributed by atoms with Gasteiger partial charge in [-0.05, 0) is 29.8 Å². The van der Waals surface area contributed by atoms with E-state index in [4.69, 9.17) is 20.5 Å². The third-order valence-corrected chi connectivity index (χ3v) is 5.74. The Labute approximate surface area is 262 Å². The topological polar surface area (TPSA) is 86.5 Å². The second-order valence-electron chi connectivity index (χ2n) is 9.19. The van der Waals surface area contributed by atoms with Gasteiger partial charge in [0.05, 0.1) is 47.3 Å². The third kappa shape index (κ3) is 13.6. The smallest absolute Gasteiger partial charge is 1.00 e. The van der Waals surface area contributed by atoms with Crippen molar-refractivity contribution in [1.29, 1.82) is 10.5 Å². The maximum Gasteiger partial charge on any atom is 1.00 e. The molecule has 0 aliphatic carbocycles. The number of rotatable bonds is 6. The molecule has 5 aromatic rings. The number of nitrogens with zero attached hydrogens (tertiary/aromatic N) is 7. The van der Waals surface area contributed by atoms with E-state index < -0.39 is 7.81 Å². The molecule has 0 radical (unpaired) electrons. The van der Waals surface area contributed by atoms with Crippen LogP contribution >= 0.6 is 7.81 Å². The van der Waals surface area contributed by atoms with Crippen LogP contribution in [-0.4, -0.2) is 24.0 Å². The van der Waals surface area contributed by atoms with Gasteiger partial charge in [-0.1, -0.05) is 54.6 Å². The number of imidazole rings is 2. The molecule has 3 aromatic carbocycles. The van der Waals surface area contributed by atoms with Gasteiger partial charge in [-0.2, -0.15) is 10.5 Å². The van der Waals surface area contributed by atoms with Gasteiger partial charge in [0, 0.05) is 34.5 Å². The Hall–Kier alpha value is -3.93. The molecule has 0 aliphatic rings. The third-order valence-electron chi connectivity index (χ3n) is 5.74. The van der Waals surface area contributed by atoms with E-state index in [1.807, 2.05) is 12.1 Å². The summed E-state index contributed by atoms with van der Waals surface area (Å²) in [6.07, 6.45) is 0. The molecule has 0 aliphatic heterocycles. The van der Waals surface area contributed by atoms with Crippen LogP contribution in [-0.2, 0) is 50.8 Å². The summed E-state index contributed by atoms with van der Waals surface area (Å²) >= 11 is 0.